The van der Waals surface area contributed by atoms with Gasteiger partial charge >= 0.3 is 0 Å². The van der Waals surface area contributed by atoms with Gasteiger partial charge in [-0.3, -0.25) is 9.69 Å². The summed E-state index contributed by atoms with van der Waals surface area (Å²) in [7, 11) is 0. The highest BCUT2D eigenvalue weighted by molar-refractivity contribution is 6.31. The van der Waals surface area contributed by atoms with E-state index in [1.165, 1.54) is 30.4 Å². The third-order valence-corrected chi connectivity index (χ3v) is 5.59. The molecule has 1 fully saturated rings. The number of likely N-dealkylation sites (tertiary alicyclic amines) is 1. The lowest BCUT2D eigenvalue weighted by atomic mass is 10.0. The molecule has 1 saturated heterocycles. The molecule has 1 heterocycles. The van der Waals surface area contributed by atoms with Crippen LogP contribution in [0.4, 0.5) is 0 Å². The van der Waals surface area contributed by atoms with Crippen LogP contribution in [0.15, 0.2) is 48.5 Å². The van der Waals surface area contributed by atoms with Crippen LogP contribution in [0.2, 0.25) is 5.02 Å². The van der Waals surface area contributed by atoms with E-state index in [1.54, 1.807) is 0 Å². The minimum absolute atomic E-state index is 0.000700. The highest BCUT2D eigenvalue weighted by Crippen LogP contribution is 2.21. The van der Waals surface area contributed by atoms with Gasteiger partial charge in [-0.2, -0.15) is 0 Å². The van der Waals surface area contributed by atoms with Crippen molar-refractivity contribution in [1.29, 1.82) is 0 Å². The second-order valence-electron chi connectivity index (χ2n) is 7.13. The van der Waals surface area contributed by atoms with E-state index in [1.807, 2.05) is 30.3 Å². The third kappa shape index (κ3) is 5.09. The van der Waals surface area contributed by atoms with Gasteiger partial charge in [0.1, 0.15) is 0 Å². The quantitative estimate of drug-likeness (QED) is 0.807. The zero-order valence-corrected chi connectivity index (χ0v) is 16.1. The highest BCUT2D eigenvalue weighted by atomic mass is 35.5. The molecule has 1 atom stereocenters. The SMILES string of the molecule is CC1CCCCN1Cc1ccccc1CNC(=O)Cc1ccccc1Cl. The van der Waals surface area contributed by atoms with Crippen molar-refractivity contribution in [3.05, 3.63) is 70.2 Å². The van der Waals surface area contributed by atoms with Gasteiger partial charge in [0.15, 0.2) is 0 Å². The Hall–Kier alpha value is -1.84. The molecule has 0 aromatic heterocycles. The molecule has 3 nitrogen and oxygen atoms in total. The Morgan fingerprint density at radius 3 is 2.50 bits per heavy atom. The number of rotatable bonds is 6. The van der Waals surface area contributed by atoms with Crippen molar-refractivity contribution in [2.24, 2.45) is 0 Å². The summed E-state index contributed by atoms with van der Waals surface area (Å²) >= 11 is 6.15. The van der Waals surface area contributed by atoms with Gasteiger partial charge in [-0.05, 0) is 49.1 Å². The normalized spacial score (nSPS) is 17.8. The molecule has 1 N–H and O–H groups in total. The number of nitrogens with zero attached hydrogens (tertiary/aromatic N) is 1. The Kier molecular flexibility index (Phi) is 6.70. The largest absolute Gasteiger partial charge is 0.352 e. The molecule has 2 aromatic rings. The number of carbonyl (C=O) groups excluding carboxylic acids is 1. The maximum atomic E-state index is 12.3. The number of hydrogen-bond donors (Lipinski definition) is 1. The second kappa shape index (κ2) is 9.20. The van der Waals surface area contributed by atoms with Gasteiger partial charge in [-0.1, -0.05) is 60.5 Å². The fraction of sp³-hybridized carbons (Fsp3) is 0.409. The van der Waals surface area contributed by atoms with Gasteiger partial charge < -0.3 is 5.32 Å². The van der Waals surface area contributed by atoms with Crippen molar-refractivity contribution in [1.82, 2.24) is 10.2 Å². The maximum absolute atomic E-state index is 12.3. The first kappa shape index (κ1) is 18.9. The average molecular weight is 371 g/mol. The fourth-order valence-corrected chi connectivity index (χ4v) is 3.77. The summed E-state index contributed by atoms with van der Waals surface area (Å²) in [6.07, 6.45) is 4.19. The zero-order chi connectivity index (χ0) is 18.4. The van der Waals surface area contributed by atoms with Crippen molar-refractivity contribution in [2.75, 3.05) is 6.54 Å². The molecular weight excluding hydrogens is 344 g/mol. The van der Waals surface area contributed by atoms with Crippen LogP contribution < -0.4 is 5.32 Å². The Labute approximate surface area is 161 Å². The van der Waals surface area contributed by atoms with Crippen molar-refractivity contribution in [2.45, 2.75) is 51.7 Å². The summed E-state index contributed by atoms with van der Waals surface area (Å²) in [6.45, 7) is 4.99. The standard InChI is InChI=1S/C22H27ClN2O/c1-17-8-6-7-13-25(17)16-20-11-3-2-10-19(20)15-24-22(26)14-18-9-4-5-12-21(18)23/h2-5,9-12,17H,6-8,13-16H2,1H3,(H,24,26). The van der Waals surface area contributed by atoms with Gasteiger partial charge in [0, 0.05) is 24.2 Å². The number of amides is 1. The Morgan fingerprint density at radius 1 is 1.08 bits per heavy atom. The Bertz CT molecular complexity index is 746. The summed E-state index contributed by atoms with van der Waals surface area (Å²) < 4.78 is 0. The summed E-state index contributed by atoms with van der Waals surface area (Å²) in [5.74, 6) is -0.000700. The zero-order valence-electron chi connectivity index (χ0n) is 15.4. The molecule has 1 amide bonds. The monoisotopic (exact) mass is 370 g/mol. The van der Waals surface area contributed by atoms with E-state index in [-0.39, 0.29) is 5.91 Å². The van der Waals surface area contributed by atoms with Gasteiger partial charge in [0.25, 0.3) is 0 Å². The predicted molar refractivity (Wildman–Crippen MR) is 107 cm³/mol. The first-order valence-electron chi connectivity index (χ1n) is 9.44. The van der Waals surface area contributed by atoms with Crippen LogP contribution in [0, 0.1) is 0 Å². The van der Waals surface area contributed by atoms with Gasteiger partial charge in [-0.25, -0.2) is 0 Å². The Balaban J connectivity index is 1.59. The van der Waals surface area contributed by atoms with Crippen LogP contribution in [0.5, 0.6) is 0 Å². The number of carbonyl (C=O) groups is 1. The van der Waals surface area contributed by atoms with Crippen LogP contribution in [-0.2, 0) is 24.3 Å². The molecule has 0 bridgehead atoms. The molecule has 0 spiro atoms. The summed E-state index contributed by atoms with van der Waals surface area (Å²) in [5, 5.41) is 3.69. The van der Waals surface area contributed by atoms with Crippen LogP contribution in [0.3, 0.4) is 0 Å². The van der Waals surface area contributed by atoms with E-state index in [0.717, 1.165) is 18.7 Å². The van der Waals surface area contributed by atoms with E-state index >= 15 is 0 Å². The first-order valence-corrected chi connectivity index (χ1v) is 9.82. The van der Waals surface area contributed by atoms with Crippen molar-refractivity contribution in [3.63, 3.8) is 0 Å². The van der Waals surface area contributed by atoms with Gasteiger partial charge in [-0.15, -0.1) is 0 Å². The Morgan fingerprint density at radius 2 is 1.77 bits per heavy atom. The fourth-order valence-electron chi connectivity index (χ4n) is 3.57. The van der Waals surface area contributed by atoms with Gasteiger partial charge in [0.05, 0.1) is 6.42 Å². The molecule has 3 rings (SSSR count). The van der Waals surface area contributed by atoms with E-state index < -0.39 is 0 Å². The lowest BCUT2D eigenvalue weighted by Crippen LogP contribution is -2.37. The molecule has 1 aliphatic rings. The van der Waals surface area contributed by atoms with Crippen molar-refractivity contribution >= 4 is 17.5 Å². The van der Waals surface area contributed by atoms with Crippen molar-refractivity contribution < 1.29 is 4.79 Å². The van der Waals surface area contributed by atoms with E-state index in [4.69, 9.17) is 11.6 Å². The minimum Gasteiger partial charge on any atom is -0.352 e. The van der Waals surface area contributed by atoms with E-state index in [2.05, 4.69) is 35.3 Å². The second-order valence-corrected chi connectivity index (χ2v) is 7.54. The van der Waals surface area contributed by atoms with Crippen LogP contribution >= 0.6 is 11.6 Å². The number of piperidine rings is 1. The molecule has 0 aliphatic carbocycles. The van der Waals surface area contributed by atoms with Gasteiger partial charge in [0.2, 0.25) is 5.91 Å². The lowest BCUT2D eigenvalue weighted by Gasteiger charge is -2.33. The predicted octanol–water partition coefficient (Wildman–Crippen LogP) is 4.57. The first-order chi connectivity index (χ1) is 12.6. The molecule has 1 unspecified atom stereocenters. The molecular formula is C22H27ClN2O. The van der Waals surface area contributed by atoms with Crippen molar-refractivity contribution in [3.8, 4) is 0 Å². The highest BCUT2D eigenvalue weighted by Gasteiger charge is 2.19. The molecule has 26 heavy (non-hydrogen) atoms. The summed E-state index contributed by atoms with van der Waals surface area (Å²) in [6, 6.07) is 16.5. The molecule has 4 heteroatoms. The number of halogens is 1. The van der Waals surface area contributed by atoms with E-state index in [0.29, 0.717) is 24.0 Å². The molecule has 1 aliphatic heterocycles. The lowest BCUT2D eigenvalue weighted by molar-refractivity contribution is -0.120. The minimum atomic E-state index is -0.000700. The molecule has 138 valence electrons. The number of benzene rings is 2. The molecule has 0 radical (unpaired) electrons. The molecule has 2 aromatic carbocycles. The topological polar surface area (TPSA) is 32.3 Å². The molecule has 0 saturated carbocycles. The van der Waals surface area contributed by atoms with Crippen LogP contribution in [0.25, 0.3) is 0 Å². The number of hydrogen-bond acceptors (Lipinski definition) is 2. The summed E-state index contributed by atoms with van der Waals surface area (Å²) in [4.78, 5) is 14.9. The third-order valence-electron chi connectivity index (χ3n) is 5.22. The van der Waals surface area contributed by atoms with E-state index in [9.17, 15) is 4.79 Å². The summed E-state index contributed by atoms with van der Waals surface area (Å²) in [5.41, 5.74) is 3.36. The average Bonchev–Trinajstić information content (AvgIpc) is 2.65. The van der Waals surface area contributed by atoms with Crippen LogP contribution in [0.1, 0.15) is 42.9 Å². The van der Waals surface area contributed by atoms with Crippen LogP contribution in [-0.4, -0.2) is 23.4 Å². The number of nitrogens with one attached hydrogen (secondary N) is 1. The maximum Gasteiger partial charge on any atom is 0.224 e. The smallest absolute Gasteiger partial charge is 0.224 e.